The predicted octanol–water partition coefficient (Wildman–Crippen LogP) is -1.30. The number of primary sulfonamides is 1. The Labute approximate surface area is 187 Å². The van der Waals surface area contributed by atoms with Gasteiger partial charge < -0.3 is 16.4 Å². The van der Waals surface area contributed by atoms with Gasteiger partial charge in [-0.25, -0.2) is 26.7 Å². The maximum atomic E-state index is 13.0. The number of hydrogen-bond donors (Lipinski definition) is 5. The van der Waals surface area contributed by atoms with E-state index in [0.717, 1.165) is 19.3 Å². The highest BCUT2D eigenvalue weighted by molar-refractivity contribution is 7.92. The Balaban J connectivity index is 2.19. The summed E-state index contributed by atoms with van der Waals surface area (Å²) in [4.78, 5) is 0.888. The van der Waals surface area contributed by atoms with Crippen LogP contribution in [0.1, 0.15) is 26.2 Å². The number of anilines is 1. The lowest BCUT2D eigenvalue weighted by atomic mass is 9.93. The second-order valence-electron chi connectivity index (χ2n) is 7.83. The van der Waals surface area contributed by atoms with Crippen LogP contribution in [0.3, 0.4) is 0 Å². The Morgan fingerprint density at radius 3 is 2.44 bits per heavy atom. The molecule has 0 radical (unpaired) electrons. The molecule has 1 saturated heterocycles. The summed E-state index contributed by atoms with van der Waals surface area (Å²) >= 11 is 0. The number of nitrogens with one attached hydrogen (secondary N) is 2. The van der Waals surface area contributed by atoms with Crippen molar-refractivity contribution < 1.29 is 16.8 Å². The van der Waals surface area contributed by atoms with Gasteiger partial charge in [-0.2, -0.15) is 5.21 Å². The average molecular weight is 488 g/mol. The summed E-state index contributed by atoms with van der Waals surface area (Å²) in [7, 11) is -8.78. The first-order chi connectivity index (χ1) is 15.1. The highest BCUT2D eigenvalue weighted by atomic mass is 32.2. The van der Waals surface area contributed by atoms with Crippen LogP contribution in [0.25, 0.3) is 11.4 Å². The van der Waals surface area contributed by atoms with Crippen molar-refractivity contribution in [2.45, 2.75) is 42.0 Å². The van der Waals surface area contributed by atoms with E-state index in [1.54, 1.807) is 13.0 Å². The number of aromatic nitrogens is 4. The van der Waals surface area contributed by atoms with Gasteiger partial charge in [0.15, 0.2) is 0 Å². The van der Waals surface area contributed by atoms with Crippen LogP contribution in [0.2, 0.25) is 0 Å². The van der Waals surface area contributed by atoms with Crippen LogP contribution in [0.4, 0.5) is 5.69 Å². The lowest BCUT2D eigenvalue weighted by Crippen LogP contribution is -2.39. The molecule has 2 heterocycles. The average Bonchev–Trinajstić information content (AvgIpc) is 3.27. The number of sulfonamides is 2. The second kappa shape index (κ2) is 9.76. The molecule has 1 aliphatic rings. The highest BCUT2D eigenvalue weighted by Crippen LogP contribution is 2.39. The van der Waals surface area contributed by atoms with Crippen LogP contribution < -0.4 is 26.2 Å². The minimum absolute atomic E-state index is 0.0122. The van der Waals surface area contributed by atoms with Crippen LogP contribution in [0, 0.1) is 5.92 Å². The molecule has 178 valence electrons. The molecule has 2 aromatic rings. The monoisotopic (exact) mass is 487 g/mol. The van der Waals surface area contributed by atoms with Crippen molar-refractivity contribution in [3.8, 4) is 11.4 Å². The second-order valence-corrected chi connectivity index (χ2v) is 11.0. The molecule has 1 aliphatic heterocycles. The topological polar surface area (TPSA) is 216 Å². The first kappa shape index (κ1) is 24.5. The number of hydrogen-bond acceptors (Lipinski definition) is 10. The molecule has 3 rings (SSSR count). The first-order valence-electron chi connectivity index (χ1n) is 10.2. The van der Waals surface area contributed by atoms with Gasteiger partial charge >= 0.3 is 0 Å². The Bertz CT molecular complexity index is 1130. The number of rotatable bonds is 9. The van der Waals surface area contributed by atoms with Crippen LogP contribution in [0.15, 0.2) is 21.9 Å². The molecule has 1 aromatic heterocycles. The number of H-pyrrole nitrogens is 1. The van der Waals surface area contributed by atoms with Gasteiger partial charge in [0.2, 0.25) is 25.9 Å². The van der Waals surface area contributed by atoms with Gasteiger partial charge in [0.1, 0.15) is 9.79 Å². The van der Waals surface area contributed by atoms with Crippen molar-refractivity contribution in [2.24, 2.45) is 22.5 Å². The molecule has 1 atom stereocenters. The van der Waals surface area contributed by atoms with E-state index in [9.17, 15) is 16.8 Å². The number of nitrogens with zero attached hydrogens (tertiary/aromatic N) is 4. The number of piperidine rings is 1. The van der Waals surface area contributed by atoms with Gasteiger partial charge in [0, 0.05) is 31.4 Å². The van der Waals surface area contributed by atoms with Gasteiger partial charge in [0.05, 0.1) is 5.56 Å². The van der Waals surface area contributed by atoms with Crippen molar-refractivity contribution in [1.82, 2.24) is 25.3 Å². The molecular formula is C17H29N9O4S2. The number of benzene rings is 1. The molecular weight excluding hydrogens is 458 g/mol. The Morgan fingerprint density at radius 2 is 1.91 bits per heavy atom. The van der Waals surface area contributed by atoms with Gasteiger partial charge in [-0.05, 0) is 56.0 Å². The SMILES string of the molecule is CC(CN)NS(=O)(=O)c1ccc(N2CCC(CCN)CC2)c(-c2nn[nH]n2)c1S(N)(=O)=O. The Hall–Kier alpha value is -2.17. The molecule has 1 fully saturated rings. The van der Waals surface area contributed by atoms with Crippen molar-refractivity contribution in [2.75, 3.05) is 31.1 Å². The van der Waals surface area contributed by atoms with Crippen molar-refractivity contribution in [3.05, 3.63) is 12.1 Å². The predicted molar refractivity (Wildman–Crippen MR) is 118 cm³/mol. The third kappa shape index (κ3) is 5.24. The van der Waals surface area contributed by atoms with E-state index in [2.05, 4.69) is 25.3 Å². The van der Waals surface area contributed by atoms with Crippen molar-refractivity contribution >= 4 is 25.7 Å². The van der Waals surface area contributed by atoms with Crippen molar-refractivity contribution in [1.29, 1.82) is 0 Å². The van der Waals surface area contributed by atoms with E-state index in [-0.39, 0.29) is 17.9 Å². The molecule has 15 heteroatoms. The van der Waals surface area contributed by atoms with E-state index < -0.39 is 35.9 Å². The highest BCUT2D eigenvalue weighted by Gasteiger charge is 2.34. The summed E-state index contributed by atoms with van der Waals surface area (Å²) in [6.07, 6.45) is 2.64. The quantitative estimate of drug-likeness (QED) is 0.282. The molecule has 0 bridgehead atoms. The summed E-state index contributed by atoms with van der Waals surface area (Å²) in [6.45, 7) is 3.46. The zero-order chi connectivity index (χ0) is 23.5. The molecule has 13 nitrogen and oxygen atoms in total. The fraction of sp³-hybridized carbons (Fsp3) is 0.588. The maximum Gasteiger partial charge on any atom is 0.242 e. The minimum atomic E-state index is -4.51. The van der Waals surface area contributed by atoms with Crippen molar-refractivity contribution in [3.63, 3.8) is 0 Å². The molecule has 0 spiro atoms. The lowest BCUT2D eigenvalue weighted by molar-refractivity contribution is 0.386. The first-order valence-corrected chi connectivity index (χ1v) is 13.2. The largest absolute Gasteiger partial charge is 0.371 e. The number of nitrogens with two attached hydrogens (primary N) is 3. The molecule has 8 N–H and O–H groups in total. The van der Waals surface area contributed by atoms with Gasteiger partial charge in [-0.3, -0.25) is 0 Å². The van der Waals surface area contributed by atoms with Crippen LogP contribution in [-0.2, 0) is 20.0 Å². The van der Waals surface area contributed by atoms with Crippen LogP contribution >= 0.6 is 0 Å². The summed E-state index contributed by atoms with van der Waals surface area (Å²) in [5.41, 5.74) is 11.6. The Kier molecular flexibility index (Phi) is 7.46. The summed E-state index contributed by atoms with van der Waals surface area (Å²) in [6, 6.07) is 2.16. The molecule has 1 aromatic carbocycles. The lowest BCUT2D eigenvalue weighted by Gasteiger charge is -2.35. The summed E-state index contributed by atoms with van der Waals surface area (Å²) in [5.74, 6) is 0.404. The smallest absolute Gasteiger partial charge is 0.242 e. The Morgan fingerprint density at radius 1 is 1.22 bits per heavy atom. The van der Waals surface area contributed by atoms with Gasteiger partial charge in [-0.15, -0.1) is 10.2 Å². The van der Waals surface area contributed by atoms with Gasteiger partial charge in [0.25, 0.3) is 0 Å². The molecule has 0 aliphatic carbocycles. The van der Waals surface area contributed by atoms with E-state index in [1.807, 2.05) is 4.90 Å². The zero-order valence-electron chi connectivity index (χ0n) is 17.7. The van der Waals surface area contributed by atoms with E-state index in [0.29, 0.717) is 31.2 Å². The standard InChI is InChI=1S/C17H29N9O4S2/c1-11(10-19)23-32(29,30)14-3-2-13(26-8-5-12(4-7-18)6-9-26)15(16(14)31(20,27)28)17-21-24-25-22-17/h2-3,11-12,23H,4-10,18-19H2,1H3,(H2,20,27,28)(H,21,22,24,25). The van der Waals surface area contributed by atoms with Gasteiger partial charge in [-0.1, -0.05) is 0 Å². The fourth-order valence-electron chi connectivity index (χ4n) is 3.87. The third-order valence-corrected chi connectivity index (χ3v) is 8.24. The van der Waals surface area contributed by atoms with Crippen LogP contribution in [0.5, 0.6) is 0 Å². The van der Waals surface area contributed by atoms with E-state index >= 15 is 0 Å². The normalized spacial score (nSPS) is 16.9. The van der Waals surface area contributed by atoms with E-state index in [1.165, 1.54) is 6.07 Å². The molecule has 0 amide bonds. The number of aromatic amines is 1. The summed E-state index contributed by atoms with van der Waals surface area (Å²) < 4.78 is 53.8. The third-order valence-electron chi connectivity index (χ3n) is 5.48. The fourth-order valence-corrected chi connectivity index (χ4v) is 6.72. The molecule has 0 saturated carbocycles. The molecule has 1 unspecified atom stereocenters. The maximum absolute atomic E-state index is 13.0. The van der Waals surface area contributed by atoms with E-state index in [4.69, 9.17) is 16.6 Å². The van der Waals surface area contributed by atoms with Crippen LogP contribution in [-0.4, -0.2) is 69.7 Å². The summed E-state index contributed by atoms with van der Waals surface area (Å²) in [5, 5.41) is 19.1. The zero-order valence-corrected chi connectivity index (χ0v) is 19.4. The number of tetrazole rings is 1. The minimum Gasteiger partial charge on any atom is -0.371 e. The molecule has 32 heavy (non-hydrogen) atoms.